The number of guanidine groups is 1. The Morgan fingerprint density at radius 2 is 1.96 bits per heavy atom. The van der Waals surface area contributed by atoms with E-state index < -0.39 is 0 Å². The van der Waals surface area contributed by atoms with Crippen LogP contribution in [0.1, 0.15) is 23.2 Å². The van der Waals surface area contributed by atoms with Crippen LogP contribution in [0.3, 0.4) is 0 Å². The van der Waals surface area contributed by atoms with Crippen LogP contribution in [0.15, 0.2) is 35.5 Å². The van der Waals surface area contributed by atoms with Gasteiger partial charge in [0.2, 0.25) is 0 Å². The lowest BCUT2D eigenvalue weighted by molar-refractivity contribution is 0.307. The molecule has 2 rings (SSSR count). The van der Waals surface area contributed by atoms with Crippen LogP contribution in [0, 0.1) is 13.8 Å². The van der Waals surface area contributed by atoms with E-state index in [-0.39, 0.29) is 0 Å². The second-order valence-electron chi connectivity index (χ2n) is 5.72. The zero-order valence-corrected chi connectivity index (χ0v) is 15.0. The van der Waals surface area contributed by atoms with Crippen molar-refractivity contribution < 1.29 is 4.74 Å². The minimum absolute atomic E-state index is 0.678. The van der Waals surface area contributed by atoms with E-state index in [4.69, 9.17) is 4.74 Å². The molecule has 6 nitrogen and oxygen atoms in total. The molecule has 2 aromatic rings. The molecule has 0 amide bonds. The van der Waals surface area contributed by atoms with Gasteiger partial charge in [-0.2, -0.15) is 5.10 Å². The molecule has 0 bridgehead atoms. The SMILES string of the molecule is CN=C(NCCCOc1c(C)cccc1C)NCc1ccnn1C. The van der Waals surface area contributed by atoms with Gasteiger partial charge in [0.05, 0.1) is 18.8 Å². The third-order valence-electron chi connectivity index (χ3n) is 3.85. The first-order valence-electron chi connectivity index (χ1n) is 8.22. The summed E-state index contributed by atoms with van der Waals surface area (Å²) in [6.45, 7) is 6.32. The first-order chi connectivity index (χ1) is 11.6. The van der Waals surface area contributed by atoms with E-state index in [9.17, 15) is 0 Å². The Kier molecular flexibility index (Phi) is 6.66. The molecule has 130 valence electrons. The Balaban J connectivity index is 1.68. The Hall–Kier alpha value is -2.50. The van der Waals surface area contributed by atoms with Crippen LogP contribution in [-0.4, -0.2) is 35.9 Å². The summed E-state index contributed by atoms with van der Waals surface area (Å²) in [6.07, 6.45) is 2.69. The third-order valence-corrected chi connectivity index (χ3v) is 3.85. The fourth-order valence-corrected chi connectivity index (χ4v) is 2.45. The predicted molar refractivity (Wildman–Crippen MR) is 97.4 cm³/mol. The average molecular weight is 329 g/mol. The van der Waals surface area contributed by atoms with Gasteiger partial charge in [-0.25, -0.2) is 0 Å². The van der Waals surface area contributed by atoms with E-state index in [1.54, 1.807) is 13.2 Å². The molecular formula is C18H27N5O. The van der Waals surface area contributed by atoms with Crippen LogP contribution < -0.4 is 15.4 Å². The van der Waals surface area contributed by atoms with Gasteiger partial charge in [-0.3, -0.25) is 9.67 Å². The van der Waals surface area contributed by atoms with Gasteiger partial charge < -0.3 is 15.4 Å². The van der Waals surface area contributed by atoms with E-state index >= 15 is 0 Å². The van der Waals surface area contributed by atoms with Crippen molar-refractivity contribution in [1.82, 2.24) is 20.4 Å². The number of rotatable bonds is 7. The monoisotopic (exact) mass is 329 g/mol. The van der Waals surface area contributed by atoms with Crippen molar-refractivity contribution in [2.24, 2.45) is 12.0 Å². The summed E-state index contributed by atoms with van der Waals surface area (Å²) < 4.78 is 7.75. The molecule has 0 aliphatic heterocycles. The van der Waals surface area contributed by atoms with Crippen LogP contribution in [-0.2, 0) is 13.6 Å². The van der Waals surface area contributed by atoms with Crippen molar-refractivity contribution in [3.8, 4) is 5.75 Å². The number of benzene rings is 1. The number of aromatic nitrogens is 2. The maximum atomic E-state index is 5.91. The number of aryl methyl sites for hydroxylation is 3. The van der Waals surface area contributed by atoms with Gasteiger partial charge in [0.1, 0.15) is 5.75 Å². The normalized spacial score (nSPS) is 11.4. The molecule has 0 unspecified atom stereocenters. The van der Waals surface area contributed by atoms with Crippen molar-refractivity contribution >= 4 is 5.96 Å². The number of para-hydroxylation sites is 1. The molecule has 1 aromatic heterocycles. The van der Waals surface area contributed by atoms with Gasteiger partial charge in [0, 0.05) is 26.8 Å². The smallest absolute Gasteiger partial charge is 0.191 e. The Bertz CT molecular complexity index is 658. The lowest BCUT2D eigenvalue weighted by atomic mass is 10.1. The van der Waals surface area contributed by atoms with Gasteiger partial charge in [-0.05, 0) is 37.5 Å². The first kappa shape index (κ1) is 17.8. The molecule has 1 heterocycles. The molecule has 0 fully saturated rings. The quantitative estimate of drug-likeness (QED) is 0.464. The van der Waals surface area contributed by atoms with Crippen molar-refractivity contribution in [2.45, 2.75) is 26.8 Å². The van der Waals surface area contributed by atoms with E-state index in [0.29, 0.717) is 13.2 Å². The molecule has 2 N–H and O–H groups in total. The van der Waals surface area contributed by atoms with Crippen LogP contribution in [0.25, 0.3) is 0 Å². The zero-order valence-electron chi connectivity index (χ0n) is 15.0. The fourth-order valence-electron chi connectivity index (χ4n) is 2.45. The van der Waals surface area contributed by atoms with Crippen molar-refractivity contribution in [2.75, 3.05) is 20.2 Å². The highest BCUT2D eigenvalue weighted by atomic mass is 16.5. The summed E-state index contributed by atoms with van der Waals surface area (Å²) in [6, 6.07) is 8.19. The molecule has 6 heteroatoms. The van der Waals surface area contributed by atoms with Crippen molar-refractivity contribution in [1.29, 1.82) is 0 Å². The zero-order chi connectivity index (χ0) is 17.4. The summed E-state index contributed by atoms with van der Waals surface area (Å²) in [5.41, 5.74) is 3.46. The van der Waals surface area contributed by atoms with Crippen molar-refractivity contribution in [3.63, 3.8) is 0 Å². The predicted octanol–water partition coefficient (Wildman–Crippen LogP) is 2.17. The number of nitrogens with zero attached hydrogens (tertiary/aromatic N) is 3. The fraction of sp³-hybridized carbons (Fsp3) is 0.444. The summed E-state index contributed by atoms with van der Waals surface area (Å²) in [5, 5.41) is 10.7. The number of hydrogen-bond acceptors (Lipinski definition) is 3. The van der Waals surface area contributed by atoms with Gasteiger partial charge in [-0.15, -0.1) is 0 Å². The topological polar surface area (TPSA) is 63.5 Å². The summed E-state index contributed by atoms with van der Waals surface area (Å²) in [7, 11) is 3.70. The van der Waals surface area contributed by atoms with Crippen LogP contribution in [0.4, 0.5) is 0 Å². The van der Waals surface area contributed by atoms with Gasteiger partial charge in [0.15, 0.2) is 5.96 Å². The highest BCUT2D eigenvalue weighted by Crippen LogP contribution is 2.22. The number of aliphatic imine (C=N–C) groups is 1. The minimum atomic E-state index is 0.678. The van der Waals surface area contributed by atoms with Gasteiger partial charge in [0.25, 0.3) is 0 Å². The number of hydrogen-bond donors (Lipinski definition) is 2. The van der Waals surface area contributed by atoms with E-state index in [0.717, 1.165) is 30.4 Å². The standard InChI is InChI=1S/C18H27N5O/c1-14-7-5-8-15(2)17(14)24-12-6-10-20-18(19-3)21-13-16-9-11-22-23(16)4/h5,7-9,11H,6,10,12-13H2,1-4H3,(H2,19,20,21). The highest BCUT2D eigenvalue weighted by molar-refractivity contribution is 5.79. The Morgan fingerprint density at radius 1 is 1.21 bits per heavy atom. The second-order valence-corrected chi connectivity index (χ2v) is 5.72. The van der Waals surface area contributed by atoms with Gasteiger partial charge in [-0.1, -0.05) is 18.2 Å². The maximum Gasteiger partial charge on any atom is 0.191 e. The third kappa shape index (κ3) is 5.01. The summed E-state index contributed by atoms with van der Waals surface area (Å²) >= 11 is 0. The second kappa shape index (κ2) is 8.96. The molecule has 0 saturated carbocycles. The largest absolute Gasteiger partial charge is 0.493 e. The van der Waals surface area contributed by atoms with Crippen LogP contribution in [0.5, 0.6) is 5.75 Å². The Morgan fingerprint density at radius 3 is 2.58 bits per heavy atom. The number of ether oxygens (including phenoxy) is 1. The molecule has 0 spiro atoms. The highest BCUT2D eigenvalue weighted by Gasteiger charge is 2.04. The summed E-state index contributed by atoms with van der Waals surface area (Å²) in [4.78, 5) is 4.23. The average Bonchev–Trinajstić information content (AvgIpc) is 2.97. The maximum absolute atomic E-state index is 5.91. The van der Waals surface area contributed by atoms with E-state index in [1.165, 1.54) is 11.1 Å². The Labute approximate surface area is 143 Å². The van der Waals surface area contributed by atoms with Crippen LogP contribution in [0.2, 0.25) is 0 Å². The van der Waals surface area contributed by atoms with E-state index in [2.05, 4.69) is 52.8 Å². The molecule has 0 atom stereocenters. The lowest BCUT2D eigenvalue weighted by Gasteiger charge is -2.14. The van der Waals surface area contributed by atoms with E-state index in [1.807, 2.05) is 17.8 Å². The first-order valence-corrected chi connectivity index (χ1v) is 8.22. The molecule has 0 aliphatic rings. The number of nitrogens with one attached hydrogen (secondary N) is 2. The molecule has 0 saturated heterocycles. The van der Waals surface area contributed by atoms with Gasteiger partial charge >= 0.3 is 0 Å². The molecule has 24 heavy (non-hydrogen) atoms. The molecule has 0 aliphatic carbocycles. The molecule has 0 radical (unpaired) electrons. The lowest BCUT2D eigenvalue weighted by Crippen LogP contribution is -2.38. The minimum Gasteiger partial charge on any atom is -0.493 e. The van der Waals surface area contributed by atoms with Crippen LogP contribution >= 0.6 is 0 Å². The summed E-state index contributed by atoms with van der Waals surface area (Å²) in [5.74, 6) is 1.78. The van der Waals surface area contributed by atoms with Crippen molar-refractivity contribution in [3.05, 3.63) is 47.3 Å². The molecular weight excluding hydrogens is 302 g/mol. The molecule has 1 aromatic carbocycles.